The minimum Gasteiger partial charge on any atom is -0.338 e. The Hall–Kier alpha value is -1.06. The van der Waals surface area contributed by atoms with Crippen molar-refractivity contribution in [2.24, 2.45) is 0 Å². The highest BCUT2D eigenvalue weighted by atomic mass is 35.5. The van der Waals surface area contributed by atoms with Crippen molar-refractivity contribution in [1.82, 2.24) is 10.2 Å². The summed E-state index contributed by atoms with van der Waals surface area (Å²) in [6, 6.07) is 11.0. The van der Waals surface area contributed by atoms with E-state index in [1.54, 1.807) is 0 Å². The van der Waals surface area contributed by atoms with Crippen molar-refractivity contribution in [2.75, 3.05) is 13.1 Å². The van der Waals surface area contributed by atoms with Crippen molar-refractivity contribution in [2.45, 2.75) is 44.2 Å². The monoisotopic (exact) mass is 294 g/mol. The average molecular weight is 295 g/mol. The van der Waals surface area contributed by atoms with Gasteiger partial charge in [0.2, 0.25) is 5.91 Å². The normalized spacial score (nSPS) is 29.2. The number of amides is 1. The first-order chi connectivity index (χ1) is 9.25. The molecule has 0 bridgehead atoms. The molecule has 0 radical (unpaired) electrons. The quantitative estimate of drug-likeness (QED) is 0.909. The maximum atomic E-state index is 12.5. The van der Waals surface area contributed by atoms with Gasteiger partial charge in [-0.15, -0.1) is 12.4 Å². The summed E-state index contributed by atoms with van der Waals surface area (Å²) in [4.78, 5) is 14.6. The zero-order chi connectivity index (χ0) is 13.2. The van der Waals surface area contributed by atoms with Gasteiger partial charge in [-0.05, 0) is 38.3 Å². The van der Waals surface area contributed by atoms with E-state index >= 15 is 0 Å². The molecule has 0 aliphatic carbocycles. The van der Waals surface area contributed by atoms with Crippen LogP contribution in [0.2, 0.25) is 0 Å². The predicted molar refractivity (Wildman–Crippen MR) is 83.2 cm³/mol. The Kier molecular flexibility index (Phi) is 5.06. The molecule has 110 valence electrons. The molecule has 2 fully saturated rings. The minimum atomic E-state index is 0. The Balaban J connectivity index is 0.00000147. The maximum Gasteiger partial charge on any atom is 0.239 e. The van der Waals surface area contributed by atoms with Crippen molar-refractivity contribution in [3.8, 4) is 0 Å². The number of carbonyl (C=O) groups excluding carboxylic acids is 1. The number of hydrogen-bond acceptors (Lipinski definition) is 2. The van der Waals surface area contributed by atoms with Gasteiger partial charge in [0.05, 0.1) is 6.04 Å². The topological polar surface area (TPSA) is 32.3 Å². The lowest BCUT2D eigenvalue weighted by Crippen LogP contribution is -2.45. The van der Waals surface area contributed by atoms with E-state index in [1.807, 2.05) is 6.07 Å². The van der Waals surface area contributed by atoms with E-state index in [2.05, 4.69) is 41.4 Å². The molecule has 1 N–H and O–H groups in total. The highest BCUT2D eigenvalue weighted by Crippen LogP contribution is 2.32. The molecule has 4 heteroatoms. The van der Waals surface area contributed by atoms with Gasteiger partial charge < -0.3 is 10.2 Å². The van der Waals surface area contributed by atoms with Crippen LogP contribution in [0.5, 0.6) is 0 Å². The number of benzene rings is 1. The van der Waals surface area contributed by atoms with Gasteiger partial charge in [-0.3, -0.25) is 4.79 Å². The summed E-state index contributed by atoms with van der Waals surface area (Å²) >= 11 is 0. The molecule has 2 aliphatic heterocycles. The van der Waals surface area contributed by atoms with E-state index in [4.69, 9.17) is 0 Å². The maximum absolute atomic E-state index is 12.5. The van der Waals surface area contributed by atoms with Crippen LogP contribution in [0, 0.1) is 0 Å². The molecule has 0 spiro atoms. The smallest absolute Gasteiger partial charge is 0.239 e. The van der Waals surface area contributed by atoms with Crippen LogP contribution < -0.4 is 5.32 Å². The third-order valence-corrected chi connectivity index (χ3v) is 4.49. The van der Waals surface area contributed by atoms with Gasteiger partial charge in [0.25, 0.3) is 0 Å². The summed E-state index contributed by atoms with van der Waals surface area (Å²) in [5, 5.41) is 3.32. The van der Waals surface area contributed by atoms with Crippen LogP contribution in [-0.2, 0) is 4.79 Å². The van der Waals surface area contributed by atoms with Crippen LogP contribution in [0.15, 0.2) is 30.3 Å². The molecule has 20 heavy (non-hydrogen) atoms. The number of rotatable bonds is 2. The molecule has 2 saturated heterocycles. The van der Waals surface area contributed by atoms with Crippen molar-refractivity contribution in [1.29, 1.82) is 0 Å². The van der Waals surface area contributed by atoms with Gasteiger partial charge in [0, 0.05) is 18.5 Å². The van der Waals surface area contributed by atoms with E-state index in [0.717, 1.165) is 32.4 Å². The van der Waals surface area contributed by atoms with Crippen LogP contribution in [0.1, 0.15) is 37.7 Å². The molecule has 3 rings (SSSR count). The Morgan fingerprint density at radius 2 is 2.05 bits per heavy atom. The van der Waals surface area contributed by atoms with Crippen LogP contribution in [-0.4, -0.2) is 36.0 Å². The molecule has 0 saturated carbocycles. The number of hydrogen-bond donors (Lipinski definition) is 1. The standard InChI is InChI=1S/C16H22N2O.ClH/c1-12-10-14(13-6-3-2-4-7-13)11-18(12)16(19)15-8-5-9-17-15;/h2-4,6-7,12,14-15,17H,5,8-11H2,1H3;1H. The van der Waals surface area contributed by atoms with Crippen molar-refractivity contribution >= 4 is 18.3 Å². The fraction of sp³-hybridized carbons (Fsp3) is 0.562. The lowest BCUT2D eigenvalue weighted by molar-refractivity contribution is -0.133. The van der Waals surface area contributed by atoms with Gasteiger partial charge in [-0.2, -0.15) is 0 Å². The molecule has 2 aliphatic rings. The largest absolute Gasteiger partial charge is 0.338 e. The number of nitrogens with one attached hydrogen (secondary N) is 1. The summed E-state index contributed by atoms with van der Waals surface area (Å²) in [5.41, 5.74) is 1.36. The van der Waals surface area contributed by atoms with E-state index in [0.29, 0.717) is 17.9 Å². The highest BCUT2D eigenvalue weighted by Gasteiger charge is 2.36. The summed E-state index contributed by atoms with van der Waals surface area (Å²) < 4.78 is 0. The SMILES string of the molecule is CC1CC(c2ccccc2)CN1C(=O)C1CCCN1.Cl. The van der Waals surface area contributed by atoms with Gasteiger partial charge in [0.1, 0.15) is 0 Å². The Morgan fingerprint density at radius 1 is 1.30 bits per heavy atom. The molecule has 1 aromatic carbocycles. The average Bonchev–Trinajstić information content (AvgIpc) is 3.08. The van der Waals surface area contributed by atoms with Gasteiger partial charge in [-0.1, -0.05) is 30.3 Å². The van der Waals surface area contributed by atoms with Gasteiger partial charge in [0.15, 0.2) is 0 Å². The number of halogens is 1. The van der Waals surface area contributed by atoms with Crippen LogP contribution in [0.25, 0.3) is 0 Å². The highest BCUT2D eigenvalue weighted by molar-refractivity contribution is 5.85. The second kappa shape index (κ2) is 6.59. The Bertz CT molecular complexity index is 445. The molecule has 3 atom stereocenters. The molecule has 0 aromatic heterocycles. The number of carbonyl (C=O) groups is 1. The lowest BCUT2D eigenvalue weighted by Gasteiger charge is -2.25. The molecule has 3 nitrogen and oxygen atoms in total. The summed E-state index contributed by atoms with van der Waals surface area (Å²) in [7, 11) is 0. The summed E-state index contributed by atoms with van der Waals surface area (Å²) in [5.74, 6) is 0.810. The van der Waals surface area contributed by atoms with Crippen molar-refractivity contribution in [3.63, 3.8) is 0 Å². The zero-order valence-electron chi connectivity index (χ0n) is 11.9. The van der Waals surface area contributed by atoms with Crippen molar-refractivity contribution in [3.05, 3.63) is 35.9 Å². The Morgan fingerprint density at radius 3 is 2.70 bits per heavy atom. The molecule has 1 aromatic rings. The minimum absolute atomic E-state index is 0. The van der Waals surface area contributed by atoms with Crippen LogP contribution in [0.4, 0.5) is 0 Å². The van der Waals surface area contributed by atoms with E-state index in [9.17, 15) is 4.79 Å². The zero-order valence-corrected chi connectivity index (χ0v) is 12.7. The fourth-order valence-electron chi connectivity index (χ4n) is 3.40. The first-order valence-corrected chi connectivity index (χ1v) is 7.34. The first kappa shape index (κ1) is 15.3. The van der Waals surface area contributed by atoms with Crippen LogP contribution >= 0.6 is 12.4 Å². The van der Waals surface area contributed by atoms with Crippen LogP contribution in [0.3, 0.4) is 0 Å². The predicted octanol–water partition coefficient (Wildman–Crippen LogP) is 2.56. The third-order valence-electron chi connectivity index (χ3n) is 4.49. The van der Waals surface area contributed by atoms with E-state index in [-0.39, 0.29) is 18.4 Å². The second-order valence-electron chi connectivity index (χ2n) is 5.83. The summed E-state index contributed by atoms with van der Waals surface area (Å²) in [6.45, 7) is 4.04. The molecular weight excluding hydrogens is 272 g/mol. The van der Waals surface area contributed by atoms with Gasteiger partial charge in [-0.25, -0.2) is 0 Å². The van der Waals surface area contributed by atoms with Crippen molar-refractivity contribution < 1.29 is 4.79 Å². The molecular formula is C16H23ClN2O. The fourth-order valence-corrected chi connectivity index (χ4v) is 3.40. The third kappa shape index (κ3) is 2.99. The number of nitrogens with zero attached hydrogens (tertiary/aromatic N) is 1. The molecule has 3 unspecified atom stereocenters. The number of likely N-dealkylation sites (tertiary alicyclic amines) is 1. The van der Waals surface area contributed by atoms with E-state index in [1.165, 1.54) is 5.56 Å². The second-order valence-corrected chi connectivity index (χ2v) is 5.83. The first-order valence-electron chi connectivity index (χ1n) is 7.34. The van der Waals surface area contributed by atoms with E-state index < -0.39 is 0 Å². The molecule has 1 amide bonds. The summed E-state index contributed by atoms with van der Waals surface area (Å²) in [6.07, 6.45) is 3.21. The molecule has 2 heterocycles. The lowest BCUT2D eigenvalue weighted by atomic mass is 9.97. The Labute approximate surface area is 127 Å². The van der Waals surface area contributed by atoms with Gasteiger partial charge >= 0.3 is 0 Å².